The smallest absolute Gasteiger partial charge is 0.267 e. The summed E-state index contributed by atoms with van der Waals surface area (Å²) in [4.78, 5) is 0. The minimum atomic E-state index is -3.26. The van der Waals surface area contributed by atoms with E-state index >= 15 is 0 Å². The first kappa shape index (κ1) is 14.7. The molecule has 0 aliphatic rings. The van der Waals surface area contributed by atoms with Crippen LogP contribution >= 0.6 is 11.6 Å². The fourth-order valence-corrected chi connectivity index (χ4v) is 1.65. The molecule has 4 nitrogen and oxygen atoms in total. The largest absolute Gasteiger partial charge is 0.344 e. The summed E-state index contributed by atoms with van der Waals surface area (Å²) in [5.41, 5.74) is 0. The topological polar surface area (TPSA) is 78.4 Å². The van der Waals surface area contributed by atoms with Gasteiger partial charge in [0.05, 0.1) is 12.4 Å². The highest BCUT2D eigenvalue weighted by Crippen LogP contribution is 1.97. The van der Waals surface area contributed by atoms with Gasteiger partial charge in [-0.15, -0.1) is 11.6 Å². The molecule has 0 amide bonds. The number of halogens is 1. The van der Waals surface area contributed by atoms with Crippen molar-refractivity contribution in [1.29, 1.82) is 0 Å². The molecule has 12 heavy (non-hydrogen) atoms. The van der Waals surface area contributed by atoms with Crippen molar-refractivity contribution < 1.29 is 12.6 Å². The van der Waals surface area contributed by atoms with Crippen molar-refractivity contribution in [3.05, 3.63) is 0 Å². The molecule has 0 radical (unpaired) electrons. The van der Waals surface area contributed by atoms with Gasteiger partial charge in [-0.25, -0.2) is 0 Å². The molecule has 0 aromatic heterocycles. The lowest BCUT2D eigenvalue weighted by Crippen LogP contribution is -2.10. The van der Waals surface area contributed by atoms with Gasteiger partial charge in [-0.1, -0.05) is 6.92 Å². The van der Waals surface area contributed by atoms with Crippen molar-refractivity contribution >= 4 is 21.7 Å². The Kier molecular flexibility index (Phi) is 9.53. The van der Waals surface area contributed by atoms with Gasteiger partial charge in [0, 0.05) is 5.88 Å². The van der Waals surface area contributed by atoms with E-state index in [4.69, 9.17) is 11.6 Å². The van der Waals surface area contributed by atoms with E-state index in [1.165, 1.54) is 0 Å². The van der Waals surface area contributed by atoms with Crippen molar-refractivity contribution in [3.8, 4) is 0 Å². The molecule has 0 atom stereocenters. The highest BCUT2D eigenvalue weighted by molar-refractivity contribution is 7.86. The molecule has 0 saturated heterocycles. The van der Waals surface area contributed by atoms with Crippen LogP contribution in [0.15, 0.2) is 0 Å². The van der Waals surface area contributed by atoms with E-state index in [1.54, 1.807) is 6.92 Å². The summed E-state index contributed by atoms with van der Waals surface area (Å²) >= 11 is 5.33. The van der Waals surface area contributed by atoms with Gasteiger partial charge in [-0.2, -0.15) is 8.42 Å². The zero-order chi connectivity index (χ0) is 8.74. The minimum Gasteiger partial charge on any atom is -0.344 e. The number of rotatable bonds is 6. The van der Waals surface area contributed by atoms with Gasteiger partial charge in [0.1, 0.15) is 0 Å². The summed E-state index contributed by atoms with van der Waals surface area (Å²) in [5.74, 6) is 0.525. The van der Waals surface area contributed by atoms with E-state index in [2.05, 4.69) is 4.18 Å². The average molecular weight is 218 g/mol. The second-order valence-electron chi connectivity index (χ2n) is 2.13. The zero-order valence-electron chi connectivity index (χ0n) is 7.25. The highest BCUT2D eigenvalue weighted by Gasteiger charge is 2.07. The quantitative estimate of drug-likeness (QED) is 0.416. The van der Waals surface area contributed by atoms with Crippen LogP contribution < -0.4 is 6.15 Å². The molecule has 0 aliphatic carbocycles. The van der Waals surface area contributed by atoms with Crippen LogP contribution in [-0.2, 0) is 14.3 Å². The molecule has 0 aliphatic heterocycles. The first-order valence-corrected chi connectivity index (χ1v) is 5.66. The van der Waals surface area contributed by atoms with Crippen LogP contribution in [0.3, 0.4) is 0 Å². The molecule has 0 fully saturated rings. The average Bonchev–Trinajstić information content (AvgIpc) is 1.87. The van der Waals surface area contributed by atoms with Crippen LogP contribution in [0, 0.1) is 0 Å². The van der Waals surface area contributed by atoms with Crippen LogP contribution in [0.25, 0.3) is 0 Å². The van der Waals surface area contributed by atoms with Crippen molar-refractivity contribution in [3.63, 3.8) is 0 Å². The highest BCUT2D eigenvalue weighted by atomic mass is 35.5. The van der Waals surface area contributed by atoms with E-state index in [0.717, 1.165) is 0 Å². The van der Waals surface area contributed by atoms with Crippen LogP contribution in [0.4, 0.5) is 0 Å². The van der Waals surface area contributed by atoms with Gasteiger partial charge in [0.2, 0.25) is 0 Å². The molecule has 0 aromatic rings. The lowest BCUT2D eigenvalue weighted by Gasteiger charge is -2.01. The standard InChI is InChI=1S/C6H13ClO3S.H3N/c1-2-6-11(8,9)10-5-3-4-7;/h2-6H2,1H3;1H3. The first-order valence-electron chi connectivity index (χ1n) is 3.55. The van der Waals surface area contributed by atoms with Gasteiger partial charge < -0.3 is 6.15 Å². The Morgan fingerprint density at radius 2 is 2.00 bits per heavy atom. The van der Waals surface area contributed by atoms with Gasteiger partial charge in [0.25, 0.3) is 10.1 Å². The second kappa shape index (κ2) is 7.79. The molecule has 3 N–H and O–H groups in total. The minimum absolute atomic E-state index is 0. The molecule has 0 rings (SSSR count). The lowest BCUT2D eigenvalue weighted by atomic mass is 10.5. The Balaban J connectivity index is 0. The number of alkyl halides is 1. The van der Waals surface area contributed by atoms with E-state index in [0.29, 0.717) is 18.7 Å². The molecule has 0 saturated carbocycles. The third-order valence-electron chi connectivity index (χ3n) is 0.995. The van der Waals surface area contributed by atoms with Gasteiger partial charge in [0.15, 0.2) is 0 Å². The third-order valence-corrected chi connectivity index (χ3v) is 2.70. The fourth-order valence-electron chi connectivity index (χ4n) is 0.549. The molecule has 0 bridgehead atoms. The van der Waals surface area contributed by atoms with Gasteiger partial charge >= 0.3 is 0 Å². The molecular formula is C6H16ClNO3S. The van der Waals surface area contributed by atoms with Crippen molar-refractivity contribution in [1.82, 2.24) is 6.15 Å². The summed E-state index contributed by atoms with van der Waals surface area (Å²) in [5, 5.41) is 0. The van der Waals surface area contributed by atoms with Gasteiger partial charge in [-0.3, -0.25) is 4.18 Å². The molecule has 0 unspecified atom stereocenters. The maximum atomic E-state index is 10.8. The summed E-state index contributed by atoms with van der Waals surface area (Å²) in [6.45, 7) is 1.99. The van der Waals surface area contributed by atoms with E-state index in [9.17, 15) is 8.42 Å². The molecular weight excluding hydrogens is 202 g/mol. The zero-order valence-corrected chi connectivity index (χ0v) is 8.83. The van der Waals surface area contributed by atoms with Gasteiger partial charge in [-0.05, 0) is 12.8 Å². The predicted octanol–water partition coefficient (Wildman–Crippen LogP) is 1.53. The maximum absolute atomic E-state index is 10.8. The molecule has 6 heteroatoms. The second-order valence-corrected chi connectivity index (χ2v) is 4.26. The molecule has 0 aromatic carbocycles. The Labute approximate surface area is 79.0 Å². The Morgan fingerprint density at radius 3 is 2.42 bits per heavy atom. The normalized spacial score (nSPS) is 10.8. The summed E-state index contributed by atoms with van der Waals surface area (Å²) < 4.78 is 26.3. The van der Waals surface area contributed by atoms with E-state index < -0.39 is 10.1 Å². The van der Waals surface area contributed by atoms with Crippen LogP contribution in [0.2, 0.25) is 0 Å². The van der Waals surface area contributed by atoms with E-state index in [1.807, 2.05) is 0 Å². The Morgan fingerprint density at radius 1 is 1.42 bits per heavy atom. The SMILES string of the molecule is CCCS(=O)(=O)OCCCCl.N. The van der Waals surface area contributed by atoms with Crippen molar-refractivity contribution in [2.45, 2.75) is 19.8 Å². The summed E-state index contributed by atoms with van der Waals surface area (Å²) in [6.07, 6.45) is 1.16. The predicted molar refractivity (Wildman–Crippen MR) is 50.4 cm³/mol. The Hall–Kier alpha value is 0.160. The maximum Gasteiger partial charge on any atom is 0.267 e. The lowest BCUT2D eigenvalue weighted by molar-refractivity contribution is 0.318. The first-order chi connectivity index (χ1) is 5.12. The fraction of sp³-hybridized carbons (Fsp3) is 1.00. The number of hydrogen-bond donors (Lipinski definition) is 1. The Bertz CT molecular complexity index is 181. The molecule has 76 valence electrons. The van der Waals surface area contributed by atoms with Crippen LogP contribution in [0.1, 0.15) is 19.8 Å². The van der Waals surface area contributed by atoms with Crippen LogP contribution in [0.5, 0.6) is 0 Å². The van der Waals surface area contributed by atoms with Crippen molar-refractivity contribution in [2.24, 2.45) is 0 Å². The third kappa shape index (κ3) is 8.26. The van der Waals surface area contributed by atoms with Crippen molar-refractivity contribution in [2.75, 3.05) is 18.2 Å². The van der Waals surface area contributed by atoms with E-state index in [-0.39, 0.29) is 18.5 Å². The van der Waals surface area contributed by atoms with Crippen LogP contribution in [-0.4, -0.2) is 26.7 Å². The summed E-state index contributed by atoms with van der Waals surface area (Å²) in [7, 11) is -3.26. The molecule has 0 spiro atoms. The monoisotopic (exact) mass is 217 g/mol. The summed E-state index contributed by atoms with van der Waals surface area (Å²) in [6, 6.07) is 0. The molecule has 0 heterocycles. The number of hydrogen-bond acceptors (Lipinski definition) is 4.